The van der Waals surface area contributed by atoms with Crippen molar-refractivity contribution in [3.8, 4) is 0 Å². The van der Waals surface area contributed by atoms with Crippen LogP contribution in [0.1, 0.15) is 24.7 Å². The van der Waals surface area contributed by atoms with Crippen LogP contribution in [0.2, 0.25) is 0 Å². The van der Waals surface area contributed by atoms with Gasteiger partial charge in [-0.15, -0.1) is 0 Å². The summed E-state index contributed by atoms with van der Waals surface area (Å²) in [5, 5.41) is 14.5. The van der Waals surface area contributed by atoms with Crippen LogP contribution in [0.15, 0.2) is 24.5 Å². The third-order valence-corrected chi connectivity index (χ3v) is 2.42. The van der Waals surface area contributed by atoms with E-state index in [1.54, 1.807) is 6.20 Å². The lowest BCUT2D eigenvalue weighted by Gasteiger charge is -2.06. The molecule has 0 saturated heterocycles. The van der Waals surface area contributed by atoms with Gasteiger partial charge in [0.05, 0.1) is 5.69 Å². The Labute approximate surface area is 94.9 Å². The fraction of sp³-hybridized carbons (Fsp3) is 0.455. The molecule has 16 heavy (non-hydrogen) atoms. The van der Waals surface area contributed by atoms with Crippen molar-refractivity contribution in [1.82, 2.24) is 25.3 Å². The third-order valence-electron chi connectivity index (χ3n) is 2.42. The molecule has 0 radical (unpaired) electrons. The highest BCUT2D eigenvalue weighted by Crippen LogP contribution is 2.00. The summed E-state index contributed by atoms with van der Waals surface area (Å²) in [6.07, 6.45) is 4.72. The lowest BCUT2D eigenvalue weighted by Crippen LogP contribution is -2.16. The molecule has 0 amide bonds. The molecule has 2 heterocycles. The molecule has 0 atom stereocenters. The monoisotopic (exact) mass is 219 g/mol. The zero-order valence-corrected chi connectivity index (χ0v) is 9.48. The minimum atomic E-state index is 0.803. The Balaban J connectivity index is 1.82. The predicted octanol–water partition coefficient (Wildman–Crippen LogP) is 1.31. The summed E-state index contributed by atoms with van der Waals surface area (Å²) in [4.78, 5) is 0. The van der Waals surface area contributed by atoms with Gasteiger partial charge < -0.3 is 5.32 Å². The van der Waals surface area contributed by atoms with Gasteiger partial charge in [0.2, 0.25) is 0 Å². The van der Waals surface area contributed by atoms with Crippen molar-refractivity contribution in [2.24, 2.45) is 0 Å². The van der Waals surface area contributed by atoms with Crippen LogP contribution < -0.4 is 5.32 Å². The summed E-state index contributed by atoms with van der Waals surface area (Å²) in [6.45, 7) is 4.77. The van der Waals surface area contributed by atoms with Crippen molar-refractivity contribution < 1.29 is 0 Å². The van der Waals surface area contributed by atoms with Crippen LogP contribution in [0.3, 0.4) is 0 Å². The second-order valence-corrected chi connectivity index (χ2v) is 3.73. The number of hydrogen-bond acceptors (Lipinski definition) is 3. The molecular weight excluding hydrogens is 202 g/mol. The molecule has 2 N–H and O–H groups in total. The number of aryl methyl sites for hydroxylation is 1. The maximum atomic E-state index is 4.28. The first kappa shape index (κ1) is 10.9. The molecule has 0 aromatic carbocycles. The molecule has 5 nitrogen and oxygen atoms in total. The Morgan fingerprint density at radius 3 is 3.00 bits per heavy atom. The third kappa shape index (κ3) is 2.70. The Kier molecular flexibility index (Phi) is 3.71. The second-order valence-electron chi connectivity index (χ2n) is 3.73. The normalized spacial score (nSPS) is 10.8. The minimum absolute atomic E-state index is 0.803. The molecule has 0 spiro atoms. The van der Waals surface area contributed by atoms with Crippen molar-refractivity contribution in [2.75, 3.05) is 0 Å². The van der Waals surface area contributed by atoms with E-state index in [1.165, 1.54) is 5.69 Å². The van der Waals surface area contributed by atoms with Crippen LogP contribution in [0.5, 0.6) is 0 Å². The molecule has 0 aliphatic rings. The summed E-state index contributed by atoms with van der Waals surface area (Å²) >= 11 is 0. The summed E-state index contributed by atoms with van der Waals surface area (Å²) in [5.41, 5.74) is 2.32. The highest BCUT2D eigenvalue weighted by Gasteiger charge is 2.01. The maximum absolute atomic E-state index is 4.28. The van der Waals surface area contributed by atoms with Gasteiger partial charge in [0.1, 0.15) is 0 Å². The minimum Gasteiger partial charge on any atom is -0.306 e. The van der Waals surface area contributed by atoms with Crippen molar-refractivity contribution in [3.05, 3.63) is 35.9 Å². The number of aromatic nitrogens is 4. The molecule has 0 fully saturated rings. The van der Waals surface area contributed by atoms with E-state index in [-0.39, 0.29) is 0 Å². The molecule has 2 rings (SSSR count). The van der Waals surface area contributed by atoms with E-state index < -0.39 is 0 Å². The largest absolute Gasteiger partial charge is 0.306 e. The van der Waals surface area contributed by atoms with E-state index in [0.29, 0.717) is 0 Å². The molecule has 86 valence electrons. The number of H-pyrrole nitrogens is 1. The Hall–Kier alpha value is -1.62. The lowest BCUT2D eigenvalue weighted by atomic mass is 10.3. The van der Waals surface area contributed by atoms with Crippen LogP contribution in [0.4, 0.5) is 0 Å². The zero-order chi connectivity index (χ0) is 11.2. The Morgan fingerprint density at radius 2 is 2.25 bits per heavy atom. The van der Waals surface area contributed by atoms with Crippen molar-refractivity contribution in [3.63, 3.8) is 0 Å². The van der Waals surface area contributed by atoms with E-state index >= 15 is 0 Å². The molecule has 2 aromatic rings. The first-order chi connectivity index (χ1) is 7.90. The van der Waals surface area contributed by atoms with Gasteiger partial charge in [0.25, 0.3) is 0 Å². The Morgan fingerprint density at radius 1 is 1.31 bits per heavy atom. The molecular formula is C11H17N5. The molecule has 0 aliphatic heterocycles. The summed E-state index contributed by atoms with van der Waals surface area (Å²) in [7, 11) is 0. The highest BCUT2D eigenvalue weighted by molar-refractivity contribution is 5.01. The Bertz CT molecular complexity index is 404. The van der Waals surface area contributed by atoms with Crippen molar-refractivity contribution in [1.29, 1.82) is 0 Å². The fourth-order valence-electron chi connectivity index (χ4n) is 1.63. The van der Waals surface area contributed by atoms with Gasteiger partial charge >= 0.3 is 0 Å². The number of nitrogens with one attached hydrogen (secondary N) is 2. The fourth-order valence-corrected chi connectivity index (χ4v) is 1.63. The van der Waals surface area contributed by atoms with E-state index in [0.717, 1.165) is 31.7 Å². The standard InChI is InChI=1S/C11H17N5/c1-2-7-16-11(4-6-14-16)9-12-8-10-3-5-13-15-10/h3-6,12H,2,7-9H2,1H3,(H,13,15). The highest BCUT2D eigenvalue weighted by atomic mass is 15.3. The first-order valence-electron chi connectivity index (χ1n) is 5.60. The number of aromatic amines is 1. The molecule has 0 saturated carbocycles. The zero-order valence-electron chi connectivity index (χ0n) is 9.48. The SMILES string of the molecule is CCCn1nccc1CNCc1ccn[nH]1. The van der Waals surface area contributed by atoms with Crippen LogP contribution in [-0.4, -0.2) is 20.0 Å². The number of hydrogen-bond donors (Lipinski definition) is 2. The number of nitrogens with zero attached hydrogens (tertiary/aromatic N) is 3. The summed E-state index contributed by atoms with van der Waals surface area (Å²) in [6, 6.07) is 4.02. The van der Waals surface area contributed by atoms with Crippen LogP contribution >= 0.6 is 0 Å². The molecule has 0 bridgehead atoms. The van der Waals surface area contributed by atoms with Gasteiger partial charge in [-0.3, -0.25) is 9.78 Å². The van der Waals surface area contributed by atoms with E-state index in [1.807, 2.05) is 16.9 Å². The van der Waals surface area contributed by atoms with Crippen molar-refractivity contribution in [2.45, 2.75) is 33.0 Å². The number of rotatable bonds is 6. The molecule has 2 aromatic heterocycles. The average molecular weight is 219 g/mol. The van der Waals surface area contributed by atoms with Gasteiger partial charge in [-0.2, -0.15) is 10.2 Å². The quantitative estimate of drug-likeness (QED) is 0.770. The second kappa shape index (κ2) is 5.46. The van der Waals surface area contributed by atoms with Gasteiger partial charge in [0, 0.05) is 37.7 Å². The van der Waals surface area contributed by atoms with Crippen LogP contribution in [0.25, 0.3) is 0 Å². The van der Waals surface area contributed by atoms with Gasteiger partial charge in [-0.05, 0) is 18.6 Å². The first-order valence-corrected chi connectivity index (χ1v) is 5.60. The molecule has 0 unspecified atom stereocenters. The lowest BCUT2D eigenvalue weighted by molar-refractivity contribution is 0.547. The topological polar surface area (TPSA) is 58.5 Å². The van der Waals surface area contributed by atoms with Gasteiger partial charge in [-0.25, -0.2) is 0 Å². The summed E-state index contributed by atoms with van der Waals surface area (Å²) < 4.78 is 2.04. The van der Waals surface area contributed by atoms with Gasteiger partial charge in [0.15, 0.2) is 0 Å². The molecule has 5 heteroatoms. The van der Waals surface area contributed by atoms with Crippen LogP contribution in [0, 0.1) is 0 Å². The van der Waals surface area contributed by atoms with E-state index in [2.05, 4.69) is 33.6 Å². The molecule has 0 aliphatic carbocycles. The summed E-state index contributed by atoms with van der Waals surface area (Å²) in [5.74, 6) is 0. The van der Waals surface area contributed by atoms with Gasteiger partial charge in [-0.1, -0.05) is 6.92 Å². The smallest absolute Gasteiger partial charge is 0.0522 e. The van der Waals surface area contributed by atoms with Crippen LogP contribution in [-0.2, 0) is 19.6 Å². The van der Waals surface area contributed by atoms with E-state index in [9.17, 15) is 0 Å². The van der Waals surface area contributed by atoms with Crippen molar-refractivity contribution >= 4 is 0 Å². The van der Waals surface area contributed by atoms with E-state index in [4.69, 9.17) is 0 Å². The average Bonchev–Trinajstić information content (AvgIpc) is 2.91. The predicted molar refractivity (Wildman–Crippen MR) is 61.6 cm³/mol. The maximum Gasteiger partial charge on any atom is 0.0522 e.